The third kappa shape index (κ3) is 4.66. The highest BCUT2D eigenvalue weighted by atomic mass is 32.2. The summed E-state index contributed by atoms with van der Waals surface area (Å²) in [5.74, 6) is 0.763. The highest BCUT2D eigenvalue weighted by Gasteiger charge is 2.10. The molecule has 1 aromatic carbocycles. The van der Waals surface area contributed by atoms with Gasteiger partial charge in [0, 0.05) is 12.2 Å². The van der Waals surface area contributed by atoms with Gasteiger partial charge in [-0.05, 0) is 37.4 Å². The average Bonchev–Trinajstić information content (AvgIpc) is 2.37. The first kappa shape index (κ1) is 13.9. The van der Waals surface area contributed by atoms with Gasteiger partial charge in [0.15, 0.2) is 0 Å². The summed E-state index contributed by atoms with van der Waals surface area (Å²) in [5.41, 5.74) is 6.11. The monoisotopic (exact) mass is 254 g/mol. The highest BCUT2D eigenvalue weighted by molar-refractivity contribution is 7.99. The summed E-state index contributed by atoms with van der Waals surface area (Å²) in [7, 11) is 0. The smallest absolute Gasteiger partial charge is 0.237 e. The van der Waals surface area contributed by atoms with Gasteiger partial charge in [0.05, 0.1) is 5.25 Å². The quantitative estimate of drug-likeness (QED) is 0.811. The second-order valence-corrected chi connectivity index (χ2v) is 4.71. The lowest BCUT2D eigenvalue weighted by Crippen LogP contribution is -2.21. The van der Waals surface area contributed by atoms with E-state index in [1.807, 2.05) is 37.4 Å². The van der Waals surface area contributed by atoms with E-state index in [-0.39, 0.29) is 11.2 Å². The number of nitrogens with one attached hydrogen (secondary N) is 1. The fourth-order valence-electron chi connectivity index (χ4n) is 1.16. The molecule has 0 aliphatic rings. The lowest BCUT2D eigenvalue weighted by Gasteiger charge is -2.10. The summed E-state index contributed by atoms with van der Waals surface area (Å²) < 4.78 is 5.34. The molecule has 0 aromatic heterocycles. The Balaban J connectivity index is 2.53. The molecule has 0 aliphatic carbocycles. The van der Waals surface area contributed by atoms with Gasteiger partial charge in [-0.3, -0.25) is 4.79 Å². The van der Waals surface area contributed by atoms with E-state index in [4.69, 9.17) is 10.5 Å². The summed E-state index contributed by atoms with van der Waals surface area (Å²) in [6.45, 7) is 2.86. The van der Waals surface area contributed by atoms with Crippen molar-refractivity contribution in [2.45, 2.75) is 12.2 Å². The van der Waals surface area contributed by atoms with E-state index in [1.165, 1.54) is 11.8 Å². The van der Waals surface area contributed by atoms with E-state index < -0.39 is 0 Å². The molecule has 1 atom stereocenters. The van der Waals surface area contributed by atoms with E-state index in [0.29, 0.717) is 13.2 Å². The molecule has 94 valence electrons. The van der Waals surface area contributed by atoms with E-state index in [1.54, 1.807) is 0 Å². The van der Waals surface area contributed by atoms with Crippen molar-refractivity contribution in [1.82, 2.24) is 0 Å². The average molecular weight is 254 g/mol. The van der Waals surface area contributed by atoms with Gasteiger partial charge < -0.3 is 15.8 Å². The Bertz CT molecular complexity index is 354. The maximum atomic E-state index is 11.6. The molecular weight excluding hydrogens is 236 g/mol. The van der Waals surface area contributed by atoms with Crippen molar-refractivity contribution in [2.24, 2.45) is 5.73 Å². The molecule has 0 saturated carbocycles. The minimum Gasteiger partial charge on any atom is -0.492 e. The maximum Gasteiger partial charge on any atom is 0.237 e. The van der Waals surface area contributed by atoms with Crippen molar-refractivity contribution >= 4 is 23.4 Å². The Morgan fingerprint density at radius 2 is 2.12 bits per heavy atom. The van der Waals surface area contributed by atoms with Crippen LogP contribution < -0.4 is 15.8 Å². The number of carbonyl (C=O) groups is 1. The van der Waals surface area contributed by atoms with Crippen LogP contribution in [0.25, 0.3) is 0 Å². The van der Waals surface area contributed by atoms with E-state index in [2.05, 4.69) is 5.32 Å². The first-order valence-electron chi connectivity index (χ1n) is 5.44. The molecule has 1 rings (SSSR count). The molecule has 0 bridgehead atoms. The first-order chi connectivity index (χ1) is 8.17. The number of benzene rings is 1. The SMILES string of the molecule is CSC(C)C(=O)Nc1ccc(OCCN)cc1. The zero-order valence-corrected chi connectivity index (χ0v) is 10.9. The molecule has 17 heavy (non-hydrogen) atoms. The zero-order valence-electron chi connectivity index (χ0n) is 10.1. The normalized spacial score (nSPS) is 11.9. The number of thioether (sulfide) groups is 1. The molecule has 3 N–H and O–H groups in total. The van der Waals surface area contributed by atoms with Crippen LogP contribution in [-0.4, -0.2) is 30.6 Å². The topological polar surface area (TPSA) is 64.3 Å². The van der Waals surface area contributed by atoms with Crippen molar-refractivity contribution in [3.63, 3.8) is 0 Å². The predicted molar refractivity (Wildman–Crippen MR) is 72.6 cm³/mol. The Morgan fingerprint density at radius 1 is 1.47 bits per heavy atom. The van der Waals surface area contributed by atoms with Crippen LogP contribution in [0, 0.1) is 0 Å². The van der Waals surface area contributed by atoms with Crippen LogP contribution in [-0.2, 0) is 4.79 Å². The number of nitrogens with two attached hydrogens (primary N) is 1. The van der Waals surface area contributed by atoms with Gasteiger partial charge >= 0.3 is 0 Å². The largest absolute Gasteiger partial charge is 0.492 e. The molecule has 1 aromatic rings. The van der Waals surface area contributed by atoms with Crippen molar-refractivity contribution < 1.29 is 9.53 Å². The third-order valence-electron chi connectivity index (χ3n) is 2.23. The van der Waals surface area contributed by atoms with Gasteiger partial charge in [-0.1, -0.05) is 0 Å². The fraction of sp³-hybridized carbons (Fsp3) is 0.417. The van der Waals surface area contributed by atoms with Crippen LogP contribution in [0.4, 0.5) is 5.69 Å². The molecule has 0 heterocycles. The van der Waals surface area contributed by atoms with Gasteiger partial charge in [0.25, 0.3) is 0 Å². The van der Waals surface area contributed by atoms with Gasteiger partial charge in [-0.15, -0.1) is 0 Å². The second-order valence-electron chi connectivity index (χ2n) is 3.53. The van der Waals surface area contributed by atoms with Gasteiger partial charge in [0.1, 0.15) is 12.4 Å². The third-order valence-corrected chi connectivity index (χ3v) is 3.15. The lowest BCUT2D eigenvalue weighted by atomic mass is 10.3. The number of hydrogen-bond donors (Lipinski definition) is 2. The summed E-state index contributed by atoms with van der Waals surface area (Å²) >= 11 is 1.52. The fourth-order valence-corrected chi connectivity index (χ4v) is 1.44. The van der Waals surface area contributed by atoms with E-state index in [9.17, 15) is 4.79 Å². The Labute approximate surface area is 106 Å². The Morgan fingerprint density at radius 3 is 2.65 bits per heavy atom. The minimum absolute atomic E-state index is 0.00752. The highest BCUT2D eigenvalue weighted by Crippen LogP contribution is 2.16. The van der Waals surface area contributed by atoms with Crippen LogP contribution in [0.3, 0.4) is 0 Å². The zero-order chi connectivity index (χ0) is 12.7. The molecule has 0 radical (unpaired) electrons. The Kier molecular flexibility index (Phi) is 5.86. The molecule has 0 spiro atoms. The van der Waals surface area contributed by atoms with Crippen LogP contribution >= 0.6 is 11.8 Å². The minimum atomic E-state index is -0.0526. The van der Waals surface area contributed by atoms with Gasteiger partial charge in [-0.2, -0.15) is 11.8 Å². The first-order valence-corrected chi connectivity index (χ1v) is 6.72. The molecule has 1 unspecified atom stereocenters. The molecule has 5 heteroatoms. The molecule has 0 aliphatic heterocycles. The number of ether oxygens (including phenoxy) is 1. The summed E-state index contributed by atoms with van der Waals surface area (Å²) in [6.07, 6.45) is 1.91. The van der Waals surface area contributed by atoms with Crippen LogP contribution in [0.2, 0.25) is 0 Å². The number of carbonyl (C=O) groups excluding carboxylic acids is 1. The molecule has 0 saturated heterocycles. The second kappa shape index (κ2) is 7.19. The van der Waals surface area contributed by atoms with E-state index >= 15 is 0 Å². The number of amides is 1. The maximum absolute atomic E-state index is 11.6. The molecule has 0 fully saturated rings. The van der Waals surface area contributed by atoms with Crippen molar-refractivity contribution in [3.8, 4) is 5.75 Å². The Hall–Kier alpha value is -1.20. The van der Waals surface area contributed by atoms with Crippen molar-refractivity contribution in [3.05, 3.63) is 24.3 Å². The van der Waals surface area contributed by atoms with E-state index in [0.717, 1.165) is 11.4 Å². The number of anilines is 1. The number of hydrogen-bond acceptors (Lipinski definition) is 4. The van der Waals surface area contributed by atoms with Crippen LogP contribution in [0.15, 0.2) is 24.3 Å². The number of rotatable bonds is 6. The molecular formula is C12H18N2O2S. The van der Waals surface area contributed by atoms with Crippen molar-refractivity contribution in [2.75, 3.05) is 24.7 Å². The lowest BCUT2D eigenvalue weighted by molar-refractivity contribution is -0.115. The van der Waals surface area contributed by atoms with Crippen LogP contribution in [0.5, 0.6) is 5.75 Å². The van der Waals surface area contributed by atoms with Gasteiger partial charge in [-0.25, -0.2) is 0 Å². The molecule has 1 amide bonds. The summed E-state index contributed by atoms with van der Waals surface area (Å²) in [4.78, 5) is 11.6. The molecule has 4 nitrogen and oxygen atoms in total. The van der Waals surface area contributed by atoms with Gasteiger partial charge in [0.2, 0.25) is 5.91 Å². The standard InChI is InChI=1S/C12H18N2O2S/c1-9(17-2)12(15)14-10-3-5-11(6-4-10)16-8-7-13/h3-6,9H,7-8,13H2,1-2H3,(H,14,15). The summed E-state index contributed by atoms with van der Waals surface area (Å²) in [5, 5.41) is 2.78. The van der Waals surface area contributed by atoms with Crippen molar-refractivity contribution in [1.29, 1.82) is 0 Å². The predicted octanol–water partition coefficient (Wildman–Crippen LogP) is 1.71. The van der Waals surface area contributed by atoms with Crippen LogP contribution in [0.1, 0.15) is 6.92 Å². The summed E-state index contributed by atoms with van der Waals surface area (Å²) in [6, 6.07) is 7.26.